The number of benzene rings is 6. The maximum atomic E-state index is 15.3. The van der Waals surface area contributed by atoms with Crippen molar-refractivity contribution in [1.29, 1.82) is 0 Å². The molecular weight excluding hydrogens is 663 g/mol. The predicted octanol–water partition coefficient (Wildman–Crippen LogP) is 12.5. The summed E-state index contributed by atoms with van der Waals surface area (Å²) in [6.07, 6.45) is 1.81. The molecule has 0 amide bonds. The molecule has 0 aliphatic carbocycles. The van der Waals surface area contributed by atoms with E-state index in [1.807, 2.05) is 65.6 Å². The van der Waals surface area contributed by atoms with Crippen LogP contribution in [0, 0.1) is 11.6 Å². The minimum atomic E-state index is -0.614. The van der Waals surface area contributed by atoms with Gasteiger partial charge in [-0.3, -0.25) is 4.57 Å². The molecule has 9 rings (SSSR count). The van der Waals surface area contributed by atoms with Crippen LogP contribution in [0.2, 0.25) is 0 Å². The van der Waals surface area contributed by atoms with Crippen molar-refractivity contribution in [3.63, 3.8) is 0 Å². The fraction of sp³-hybridized carbons (Fsp3) is 0.109. The average Bonchev–Trinajstić information content (AvgIpc) is 3.71. The molecule has 5 nitrogen and oxygen atoms in total. The van der Waals surface area contributed by atoms with Crippen molar-refractivity contribution < 1.29 is 13.5 Å². The van der Waals surface area contributed by atoms with Crippen LogP contribution in [0.25, 0.3) is 38.8 Å². The molecule has 0 unspecified atom stereocenters. The quantitative estimate of drug-likeness (QED) is 0.173. The van der Waals surface area contributed by atoms with Crippen LogP contribution < -0.4 is 14.5 Å². The second kappa shape index (κ2) is 12.6. The molecule has 0 spiro atoms. The molecule has 0 bridgehead atoms. The van der Waals surface area contributed by atoms with Gasteiger partial charge in [0.1, 0.15) is 35.6 Å². The first kappa shape index (κ1) is 32.4. The van der Waals surface area contributed by atoms with Crippen LogP contribution >= 0.6 is 0 Å². The van der Waals surface area contributed by atoms with Crippen molar-refractivity contribution >= 4 is 44.6 Å². The van der Waals surface area contributed by atoms with Crippen LogP contribution in [0.5, 0.6) is 11.5 Å². The molecule has 8 aromatic rings. The first-order valence-electron chi connectivity index (χ1n) is 17.7. The van der Waals surface area contributed by atoms with Crippen molar-refractivity contribution in [3.05, 3.63) is 169 Å². The van der Waals surface area contributed by atoms with Crippen LogP contribution in [-0.4, -0.2) is 16.2 Å². The van der Waals surface area contributed by atoms with Gasteiger partial charge in [-0.05, 0) is 88.8 Å². The number of para-hydroxylation sites is 3. The fourth-order valence-corrected chi connectivity index (χ4v) is 7.57. The fourth-order valence-electron chi connectivity index (χ4n) is 7.57. The zero-order chi connectivity index (χ0) is 36.3. The molecule has 2 aromatic heterocycles. The molecule has 0 saturated heterocycles. The molecular formula is C46H36F2N4O. The Balaban J connectivity index is 1.19. The zero-order valence-corrected chi connectivity index (χ0v) is 29.6. The highest BCUT2D eigenvalue weighted by Gasteiger charge is 2.30. The van der Waals surface area contributed by atoms with Crippen molar-refractivity contribution in [1.82, 2.24) is 9.55 Å². The number of hydrogen-bond acceptors (Lipinski definition) is 4. The molecule has 7 heteroatoms. The van der Waals surface area contributed by atoms with Crippen molar-refractivity contribution in [2.75, 3.05) is 16.5 Å². The maximum absolute atomic E-state index is 15.3. The van der Waals surface area contributed by atoms with Crippen LogP contribution in [-0.2, 0) is 5.41 Å². The Kier molecular flexibility index (Phi) is 7.73. The van der Waals surface area contributed by atoms with E-state index in [4.69, 9.17) is 9.72 Å². The van der Waals surface area contributed by atoms with Gasteiger partial charge in [-0.15, -0.1) is 0 Å². The minimum Gasteiger partial charge on any atom is -0.457 e. The smallest absolute Gasteiger partial charge is 0.149 e. The number of ether oxygens (including phenoxy) is 1. The Hall–Kier alpha value is -6.47. The lowest BCUT2D eigenvalue weighted by atomic mass is 9.82. The number of hydrogen-bond donors (Lipinski definition) is 0. The zero-order valence-electron chi connectivity index (χ0n) is 29.6. The summed E-state index contributed by atoms with van der Waals surface area (Å²) in [4.78, 5) is 8.72. The summed E-state index contributed by atoms with van der Waals surface area (Å²) < 4.78 is 38.2. The lowest BCUT2D eigenvalue weighted by molar-refractivity contribution is 0.483. The Bertz CT molecular complexity index is 2660. The first-order chi connectivity index (χ1) is 25.7. The first-order valence-corrected chi connectivity index (χ1v) is 17.7. The summed E-state index contributed by atoms with van der Waals surface area (Å²) in [5.74, 6) is 0.943. The van der Waals surface area contributed by atoms with Crippen LogP contribution in [0.1, 0.15) is 26.3 Å². The lowest BCUT2D eigenvalue weighted by Gasteiger charge is -2.26. The Morgan fingerprint density at radius 3 is 2.13 bits per heavy atom. The third-order valence-corrected chi connectivity index (χ3v) is 9.96. The van der Waals surface area contributed by atoms with E-state index < -0.39 is 11.6 Å². The molecule has 0 radical (unpaired) electrons. The standard InChI is InChI=1S/C46H36F2N4O/c1-46(2,3)38-14-6-4-12-35(38)30-24-32(50-29-51(43-17-9-8-16-42(43)50)41-22-19-31(47)26-39(41)48)27-34(25-30)53-33-20-21-37-36-13-5-7-15-40(36)52(44(37)28-33)45-18-10-11-23-49-45/h4-28H,29H2,1-3H3. The van der Waals surface area contributed by atoms with Crippen LogP contribution in [0.4, 0.5) is 31.5 Å². The molecule has 3 heterocycles. The van der Waals surface area contributed by atoms with Crippen molar-refractivity contribution in [3.8, 4) is 28.4 Å². The van der Waals surface area contributed by atoms with E-state index in [2.05, 4.69) is 97.0 Å². The highest BCUT2D eigenvalue weighted by molar-refractivity contribution is 6.09. The van der Waals surface area contributed by atoms with E-state index >= 15 is 4.39 Å². The number of halogens is 2. The van der Waals surface area contributed by atoms with Gasteiger partial charge in [0.25, 0.3) is 0 Å². The summed E-state index contributed by atoms with van der Waals surface area (Å²) in [6, 6.07) is 46.8. The van der Waals surface area contributed by atoms with Gasteiger partial charge in [0.15, 0.2) is 0 Å². The molecule has 0 atom stereocenters. The van der Waals surface area contributed by atoms with E-state index in [0.29, 0.717) is 23.9 Å². The van der Waals surface area contributed by atoms with E-state index in [1.54, 1.807) is 6.20 Å². The minimum absolute atomic E-state index is 0.116. The Morgan fingerprint density at radius 2 is 1.34 bits per heavy atom. The number of aromatic nitrogens is 2. The number of rotatable bonds is 6. The van der Waals surface area contributed by atoms with E-state index in [1.165, 1.54) is 17.7 Å². The topological polar surface area (TPSA) is 33.5 Å². The summed E-state index contributed by atoms with van der Waals surface area (Å²) in [5, 5.41) is 2.24. The number of fused-ring (bicyclic) bond motifs is 4. The summed E-state index contributed by atoms with van der Waals surface area (Å²) >= 11 is 0. The van der Waals surface area contributed by atoms with E-state index in [0.717, 1.165) is 61.9 Å². The molecule has 260 valence electrons. The third kappa shape index (κ3) is 5.75. The second-order valence-electron chi connectivity index (χ2n) is 14.4. The highest BCUT2D eigenvalue weighted by atomic mass is 19.1. The van der Waals surface area contributed by atoms with Gasteiger partial charge < -0.3 is 14.5 Å². The normalized spacial score (nSPS) is 12.8. The molecule has 1 aliphatic rings. The summed E-state index contributed by atoms with van der Waals surface area (Å²) in [6.45, 7) is 6.97. The molecule has 0 N–H and O–H groups in total. The second-order valence-corrected chi connectivity index (χ2v) is 14.4. The van der Waals surface area contributed by atoms with Crippen LogP contribution in [0.3, 0.4) is 0 Å². The monoisotopic (exact) mass is 698 g/mol. The maximum Gasteiger partial charge on any atom is 0.149 e. The number of nitrogens with zero attached hydrogens (tertiary/aromatic N) is 4. The van der Waals surface area contributed by atoms with Gasteiger partial charge in [0, 0.05) is 40.9 Å². The van der Waals surface area contributed by atoms with Gasteiger partial charge in [-0.25, -0.2) is 13.8 Å². The lowest BCUT2D eigenvalue weighted by Crippen LogP contribution is -2.24. The molecule has 0 saturated carbocycles. The largest absolute Gasteiger partial charge is 0.457 e. The average molecular weight is 699 g/mol. The number of pyridine rings is 1. The van der Waals surface area contributed by atoms with Gasteiger partial charge >= 0.3 is 0 Å². The van der Waals surface area contributed by atoms with Crippen LogP contribution in [0.15, 0.2) is 152 Å². The SMILES string of the molecule is CC(C)(C)c1ccccc1-c1cc(Oc2ccc3c4ccccc4n(-c4ccccn4)c3c2)cc(N2CN(c3ccc(F)cc3F)c3ccccc32)c1. The van der Waals surface area contributed by atoms with E-state index in [-0.39, 0.29) is 5.41 Å². The predicted molar refractivity (Wildman–Crippen MR) is 211 cm³/mol. The molecule has 1 aliphatic heterocycles. The molecule has 6 aromatic carbocycles. The Labute approximate surface area is 307 Å². The number of anilines is 4. The van der Waals surface area contributed by atoms with E-state index in [9.17, 15) is 4.39 Å². The third-order valence-electron chi connectivity index (χ3n) is 9.96. The van der Waals surface area contributed by atoms with Gasteiger partial charge in [0.2, 0.25) is 0 Å². The molecule has 53 heavy (non-hydrogen) atoms. The van der Waals surface area contributed by atoms with Gasteiger partial charge in [0.05, 0.1) is 28.1 Å². The van der Waals surface area contributed by atoms with Crippen molar-refractivity contribution in [2.45, 2.75) is 26.2 Å². The van der Waals surface area contributed by atoms with Gasteiger partial charge in [-0.1, -0.05) is 81.4 Å². The molecule has 0 fully saturated rings. The summed E-state index contributed by atoms with van der Waals surface area (Å²) in [7, 11) is 0. The van der Waals surface area contributed by atoms with Crippen molar-refractivity contribution in [2.24, 2.45) is 0 Å². The highest BCUT2D eigenvalue weighted by Crippen LogP contribution is 2.47. The summed E-state index contributed by atoms with van der Waals surface area (Å²) in [5.41, 5.74) is 8.17. The van der Waals surface area contributed by atoms with Gasteiger partial charge in [-0.2, -0.15) is 0 Å². The Morgan fingerprint density at radius 1 is 0.604 bits per heavy atom.